The molecule has 2 rings (SSSR count). The van der Waals surface area contributed by atoms with E-state index in [0.717, 1.165) is 24.7 Å². The largest absolute Gasteiger partial charge is 0.390 e. The summed E-state index contributed by atoms with van der Waals surface area (Å²) in [6, 6.07) is 0. The highest BCUT2D eigenvalue weighted by Gasteiger charge is 2.46. The van der Waals surface area contributed by atoms with E-state index in [1.54, 1.807) is 0 Å². The third-order valence-electron chi connectivity index (χ3n) is 5.23. The van der Waals surface area contributed by atoms with Gasteiger partial charge < -0.3 is 5.11 Å². The van der Waals surface area contributed by atoms with Crippen LogP contribution in [0.4, 0.5) is 0 Å². The van der Waals surface area contributed by atoms with Gasteiger partial charge in [-0.2, -0.15) is 0 Å². The second-order valence-corrected chi connectivity index (χ2v) is 6.50. The number of fused-ring (bicyclic) bond motifs is 1. The van der Waals surface area contributed by atoms with Crippen molar-refractivity contribution in [3.05, 3.63) is 12.2 Å². The van der Waals surface area contributed by atoms with Crippen molar-refractivity contribution in [1.29, 1.82) is 0 Å². The first-order valence-corrected chi connectivity index (χ1v) is 6.79. The van der Waals surface area contributed by atoms with Crippen LogP contribution in [-0.2, 0) is 0 Å². The molecule has 0 spiro atoms. The molecule has 0 bridgehead atoms. The number of allylic oxidation sites excluding steroid dienone is 1. The summed E-state index contributed by atoms with van der Waals surface area (Å²) >= 11 is 0. The molecular weight excluding hydrogens is 196 g/mol. The third kappa shape index (κ3) is 2.07. The van der Waals surface area contributed by atoms with Gasteiger partial charge in [-0.15, -0.1) is 0 Å². The Kier molecular flexibility index (Phi) is 3.18. The zero-order valence-electron chi connectivity index (χ0n) is 11.0. The van der Waals surface area contributed by atoms with Crippen LogP contribution >= 0.6 is 0 Å². The van der Waals surface area contributed by atoms with Gasteiger partial charge in [0.05, 0.1) is 5.60 Å². The van der Waals surface area contributed by atoms with E-state index in [1.165, 1.54) is 24.8 Å². The van der Waals surface area contributed by atoms with E-state index in [4.69, 9.17) is 0 Å². The molecule has 0 aliphatic heterocycles. The summed E-state index contributed by atoms with van der Waals surface area (Å²) in [5.41, 5.74) is 0.884. The lowest BCUT2D eigenvalue weighted by atomic mass is 9.77. The van der Waals surface area contributed by atoms with Crippen molar-refractivity contribution in [3.63, 3.8) is 0 Å². The van der Waals surface area contributed by atoms with E-state index in [2.05, 4.69) is 27.4 Å². The minimum atomic E-state index is -0.431. The van der Waals surface area contributed by atoms with E-state index < -0.39 is 5.60 Å². The molecule has 92 valence electrons. The lowest BCUT2D eigenvalue weighted by Crippen LogP contribution is -2.36. The van der Waals surface area contributed by atoms with Crippen LogP contribution in [-0.4, -0.2) is 10.7 Å². The minimum absolute atomic E-state index is 0.431. The van der Waals surface area contributed by atoms with Gasteiger partial charge in [-0.1, -0.05) is 25.5 Å². The minimum Gasteiger partial charge on any atom is -0.390 e. The Balaban J connectivity index is 2.21. The fourth-order valence-corrected chi connectivity index (χ4v) is 3.98. The molecule has 1 N–H and O–H groups in total. The maximum absolute atomic E-state index is 10.6. The summed E-state index contributed by atoms with van der Waals surface area (Å²) in [5, 5.41) is 10.6. The first-order valence-electron chi connectivity index (χ1n) is 6.79. The Morgan fingerprint density at radius 2 is 2.00 bits per heavy atom. The van der Waals surface area contributed by atoms with Gasteiger partial charge in [0.15, 0.2) is 0 Å². The van der Waals surface area contributed by atoms with Gasteiger partial charge in [0, 0.05) is 0 Å². The topological polar surface area (TPSA) is 20.2 Å². The molecule has 0 amide bonds. The van der Waals surface area contributed by atoms with E-state index in [1.807, 2.05) is 0 Å². The van der Waals surface area contributed by atoms with Gasteiger partial charge >= 0.3 is 0 Å². The molecule has 0 heterocycles. The number of rotatable bonds is 1. The van der Waals surface area contributed by atoms with E-state index in [0.29, 0.717) is 11.8 Å². The Hall–Kier alpha value is -0.300. The fraction of sp³-hybridized carbons (Fsp3) is 0.867. The molecule has 2 fully saturated rings. The third-order valence-corrected chi connectivity index (χ3v) is 5.23. The van der Waals surface area contributed by atoms with Crippen molar-refractivity contribution in [2.45, 2.75) is 58.5 Å². The smallest absolute Gasteiger partial charge is 0.0650 e. The maximum atomic E-state index is 10.6. The van der Waals surface area contributed by atoms with Gasteiger partial charge in [0.1, 0.15) is 0 Å². The van der Waals surface area contributed by atoms with Gasteiger partial charge in [-0.05, 0) is 63.2 Å². The molecule has 0 aromatic heterocycles. The van der Waals surface area contributed by atoms with Crippen molar-refractivity contribution >= 4 is 0 Å². The average Bonchev–Trinajstić information content (AvgIpc) is 2.47. The van der Waals surface area contributed by atoms with E-state index in [-0.39, 0.29) is 0 Å². The van der Waals surface area contributed by atoms with Crippen LogP contribution in [0.5, 0.6) is 0 Å². The summed E-state index contributed by atoms with van der Waals surface area (Å²) in [6.07, 6.45) is 5.87. The SMILES string of the molecule is C=C(C)C1CCC(C)(O)C2CCC(C)C2C1. The van der Waals surface area contributed by atoms with Gasteiger partial charge in [0.2, 0.25) is 0 Å². The van der Waals surface area contributed by atoms with Crippen LogP contribution in [0.15, 0.2) is 12.2 Å². The van der Waals surface area contributed by atoms with Gasteiger partial charge in [-0.3, -0.25) is 0 Å². The number of hydrogen-bond donors (Lipinski definition) is 1. The van der Waals surface area contributed by atoms with Crippen molar-refractivity contribution in [2.75, 3.05) is 0 Å². The highest BCUT2D eigenvalue weighted by molar-refractivity contribution is 5.04. The second kappa shape index (κ2) is 4.18. The lowest BCUT2D eigenvalue weighted by Gasteiger charge is -2.33. The predicted molar refractivity (Wildman–Crippen MR) is 68.2 cm³/mol. The lowest BCUT2D eigenvalue weighted by molar-refractivity contribution is -0.0208. The normalized spacial score (nSPS) is 48.5. The first kappa shape index (κ1) is 12.2. The second-order valence-electron chi connectivity index (χ2n) is 6.50. The molecule has 2 aliphatic carbocycles. The molecule has 0 saturated heterocycles. The van der Waals surface area contributed by atoms with Crippen LogP contribution in [0.3, 0.4) is 0 Å². The quantitative estimate of drug-likeness (QED) is 0.669. The Morgan fingerprint density at radius 3 is 2.62 bits per heavy atom. The van der Waals surface area contributed by atoms with Gasteiger partial charge in [-0.25, -0.2) is 0 Å². The van der Waals surface area contributed by atoms with E-state index in [9.17, 15) is 5.11 Å². The standard InChI is InChI=1S/C15H26O/c1-10(2)12-7-8-15(4,16)14-6-5-11(3)13(14)9-12/h11-14,16H,1,5-9H2,2-4H3. The maximum Gasteiger partial charge on any atom is 0.0650 e. The van der Waals surface area contributed by atoms with Crippen LogP contribution in [0.2, 0.25) is 0 Å². The molecule has 0 aromatic rings. The highest BCUT2D eigenvalue weighted by atomic mass is 16.3. The summed E-state index contributed by atoms with van der Waals surface area (Å²) in [6.45, 7) is 10.7. The number of hydrogen-bond acceptors (Lipinski definition) is 1. The highest BCUT2D eigenvalue weighted by Crippen LogP contribution is 2.50. The van der Waals surface area contributed by atoms with Gasteiger partial charge in [0.25, 0.3) is 0 Å². The van der Waals surface area contributed by atoms with Crippen LogP contribution in [0.25, 0.3) is 0 Å². The summed E-state index contributed by atoms with van der Waals surface area (Å²) in [4.78, 5) is 0. The monoisotopic (exact) mass is 222 g/mol. The number of aliphatic hydroxyl groups is 1. The molecule has 16 heavy (non-hydrogen) atoms. The zero-order chi connectivity index (χ0) is 11.9. The average molecular weight is 222 g/mol. The summed E-state index contributed by atoms with van der Waals surface area (Å²) < 4.78 is 0. The first-order chi connectivity index (χ1) is 7.42. The molecule has 0 aromatic carbocycles. The van der Waals surface area contributed by atoms with Crippen LogP contribution in [0.1, 0.15) is 52.9 Å². The molecule has 2 aliphatic rings. The van der Waals surface area contributed by atoms with Crippen LogP contribution < -0.4 is 0 Å². The fourth-order valence-electron chi connectivity index (χ4n) is 3.98. The predicted octanol–water partition coefficient (Wildman–Crippen LogP) is 3.78. The molecule has 0 radical (unpaired) electrons. The Morgan fingerprint density at radius 1 is 1.31 bits per heavy atom. The molecule has 2 saturated carbocycles. The Labute approximate surface area is 99.9 Å². The Bertz CT molecular complexity index is 279. The van der Waals surface area contributed by atoms with Crippen molar-refractivity contribution in [2.24, 2.45) is 23.7 Å². The van der Waals surface area contributed by atoms with Crippen molar-refractivity contribution < 1.29 is 5.11 Å². The van der Waals surface area contributed by atoms with Crippen LogP contribution in [0, 0.1) is 23.7 Å². The molecule has 5 atom stereocenters. The summed E-state index contributed by atoms with van der Waals surface area (Å²) in [7, 11) is 0. The molecule has 1 nitrogen and oxygen atoms in total. The molecule has 5 unspecified atom stereocenters. The van der Waals surface area contributed by atoms with Crippen molar-refractivity contribution in [3.8, 4) is 0 Å². The molecular formula is C15H26O. The summed E-state index contributed by atoms with van der Waals surface area (Å²) in [5.74, 6) is 2.68. The van der Waals surface area contributed by atoms with E-state index >= 15 is 0 Å². The van der Waals surface area contributed by atoms with Crippen molar-refractivity contribution in [1.82, 2.24) is 0 Å². The molecule has 1 heteroatoms. The zero-order valence-corrected chi connectivity index (χ0v) is 11.0.